The third kappa shape index (κ3) is 3.94. The average molecular weight is 350 g/mol. The number of rotatable bonds is 5. The Hall–Kier alpha value is -3.48. The van der Waals surface area contributed by atoms with Crippen molar-refractivity contribution in [2.24, 2.45) is 0 Å². The van der Waals surface area contributed by atoms with E-state index in [1.54, 1.807) is 13.0 Å². The zero-order valence-corrected chi connectivity index (χ0v) is 14.5. The molecular weight excluding hydrogens is 332 g/mol. The number of esters is 1. The lowest BCUT2D eigenvalue weighted by Gasteiger charge is -2.08. The maximum atomic E-state index is 12.2. The molecule has 1 heterocycles. The number of para-hydroxylation sites is 2. The monoisotopic (exact) mass is 350 g/mol. The van der Waals surface area contributed by atoms with E-state index in [0.717, 1.165) is 11.3 Å². The molecule has 0 saturated carbocycles. The van der Waals surface area contributed by atoms with Crippen LogP contribution in [0.4, 0.5) is 5.69 Å². The van der Waals surface area contributed by atoms with Gasteiger partial charge in [0.2, 0.25) is 0 Å². The van der Waals surface area contributed by atoms with Crippen LogP contribution in [0.15, 0.2) is 54.6 Å². The molecule has 3 aromatic rings. The van der Waals surface area contributed by atoms with Crippen LogP contribution in [0.3, 0.4) is 0 Å². The van der Waals surface area contributed by atoms with Crippen LogP contribution in [-0.4, -0.2) is 33.5 Å². The van der Waals surface area contributed by atoms with Crippen molar-refractivity contribution in [2.75, 3.05) is 11.9 Å². The summed E-state index contributed by atoms with van der Waals surface area (Å²) in [6.45, 7) is 3.15. The zero-order valence-electron chi connectivity index (χ0n) is 14.5. The molecule has 0 fully saturated rings. The van der Waals surface area contributed by atoms with Crippen LogP contribution < -0.4 is 5.32 Å². The number of nitrogens with one attached hydrogen (secondary N) is 1. The van der Waals surface area contributed by atoms with Crippen molar-refractivity contribution in [1.82, 2.24) is 15.0 Å². The molecule has 7 nitrogen and oxygen atoms in total. The number of hydrogen-bond donors (Lipinski definition) is 1. The highest BCUT2D eigenvalue weighted by molar-refractivity contribution is 5.95. The summed E-state index contributed by atoms with van der Waals surface area (Å²) in [5, 5.41) is 11.1. The first-order valence-corrected chi connectivity index (χ1v) is 8.06. The summed E-state index contributed by atoms with van der Waals surface area (Å²) >= 11 is 0. The Kier molecular flexibility index (Phi) is 5.07. The zero-order chi connectivity index (χ0) is 18.5. The highest BCUT2D eigenvalue weighted by Gasteiger charge is 2.19. The van der Waals surface area contributed by atoms with E-state index in [1.165, 1.54) is 4.80 Å². The molecule has 0 atom stereocenters. The van der Waals surface area contributed by atoms with Crippen LogP contribution in [0, 0.1) is 13.8 Å². The van der Waals surface area contributed by atoms with E-state index in [9.17, 15) is 9.59 Å². The molecule has 1 aromatic heterocycles. The summed E-state index contributed by atoms with van der Waals surface area (Å²) in [6.07, 6.45) is 0. The van der Waals surface area contributed by atoms with E-state index in [-0.39, 0.29) is 5.69 Å². The van der Waals surface area contributed by atoms with Gasteiger partial charge in [0, 0.05) is 5.69 Å². The van der Waals surface area contributed by atoms with Crippen LogP contribution in [0.1, 0.15) is 21.7 Å². The molecule has 132 valence electrons. The lowest BCUT2D eigenvalue weighted by Crippen LogP contribution is -2.21. The highest BCUT2D eigenvalue weighted by atomic mass is 16.5. The van der Waals surface area contributed by atoms with Gasteiger partial charge in [-0.2, -0.15) is 9.90 Å². The maximum Gasteiger partial charge on any atom is 0.361 e. The van der Waals surface area contributed by atoms with E-state index >= 15 is 0 Å². The molecule has 0 bridgehead atoms. The van der Waals surface area contributed by atoms with Crippen LogP contribution in [0.2, 0.25) is 0 Å². The summed E-state index contributed by atoms with van der Waals surface area (Å²) in [7, 11) is 0. The predicted octanol–water partition coefficient (Wildman–Crippen LogP) is 2.68. The molecular formula is C19H18N4O3. The third-order valence-corrected chi connectivity index (χ3v) is 3.72. The second-order valence-corrected chi connectivity index (χ2v) is 5.70. The van der Waals surface area contributed by atoms with Crippen LogP contribution in [0.5, 0.6) is 0 Å². The topological polar surface area (TPSA) is 86.1 Å². The van der Waals surface area contributed by atoms with Crippen molar-refractivity contribution < 1.29 is 14.3 Å². The molecule has 0 spiro atoms. The number of aromatic nitrogens is 3. The molecule has 0 aliphatic heterocycles. The van der Waals surface area contributed by atoms with Gasteiger partial charge < -0.3 is 10.1 Å². The van der Waals surface area contributed by atoms with Crippen molar-refractivity contribution in [3.8, 4) is 5.69 Å². The largest absolute Gasteiger partial charge is 0.451 e. The van der Waals surface area contributed by atoms with Crippen molar-refractivity contribution in [1.29, 1.82) is 0 Å². The number of nitrogens with zero attached hydrogens (tertiary/aromatic N) is 3. The maximum absolute atomic E-state index is 12.2. The smallest absolute Gasteiger partial charge is 0.361 e. The Morgan fingerprint density at radius 3 is 2.42 bits per heavy atom. The first-order chi connectivity index (χ1) is 12.5. The fourth-order valence-electron chi connectivity index (χ4n) is 2.34. The number of ether oxygens (including phenoxy) is 1. The first kappa shape index (κ1) is 17.3. The number of carbonyl (C=O) groups excluding carboxylic acids is 2. The molecule has 1 N–H and O–H groups in total. The second-order valence-electron chi connectivity index (χ2n) is 5.70. The van der Waals surface area contributed by atoms with Gasteiger partial charge in [0.1, 0.15) is 0 Å². The number of carbonyl (C=O) groups is 2. The normalized spacial score (nSPS) is 10.4. The van der Waals surface area contributed by atoms with Crippen LogP contribution >= 0.6 is 0 Å². The SMILES string of the molecule is Cc1ccccc1NC(=O)COC(=O)c1nn(-c2ccccc2)nc1C. The fourth-order valence-corrected chi connectivity index (χ4v) is 2.34. The highest BCUT2D eigenvalue weighted by Crippen LogP contribution is 2.13. The summed E-state index contributed by atoms with van der Waals surface area (Å²) in [5.74, 6) is -1.11. The summed E-state index contributed by atoms with van der Waals surface area (Å²) in [4.78, 5) is 25.6. The van der Waals surface area contributed by atoms with Gasteiger partial charge >= 0.3 is 5.97 Å². The van der Waals surface area contributed by atoms with Crippen molar-refractivity contribution in [2.45, 2.75) is 13.8 Å². The Balaban J connectivity index is 1.63. The lowest BCUT2D eigenvalue weighted by atomic mass is 10.2. The molecule has 2 aromatic carbocycles. The Labute approximate surface area is 150 Å². The van der Waals surface area contributed by atoms with Crippen molar-refractivity contribution >= 4 is 17.6 Å². The number of aryl methyl sites for hydroxylation is 2. The van der Waals surface area contributed by atoms with Crippen molar-refractivity contribution in [3.63, 3.8) is 0 Å². The number of amides is 1. The van der Waals surface area contributed by atoms with Gasteiger partial charge in [-0.1, -0.05) is 36.4 Å². The molecule has 3 rings (SSSR count). The molecule has 0 aliphatic rings. The molecule has 7 heteroatoms. The minimum atomic E-state index is -0.690. The van der Waals surface area contributed by atoms with Crippen LogP contribution in [0.25, 0.3) is 5.69 Å². The molecule has 0 radical (unpaired) electrons. The molecule has 1 amide bonds. The minimum Gasteiger partial charge on any atom is -0.451 e. The number of benzene rings is 2. The Morgan fingerprint density at radius 1 is 1.00 bits per heavy atom. The third-order valence-electron chi connectivity index (χ3n) is 3.72. The number of hydrogen-bond acceptors (Lipinski definition) is 5. The van der Waals surface area contributed by atoms with Gasteiger partial charge in [-0.3, -0.25) is 4.79 Å². The van der Waals surface area contributed by atoms with E-state index in [2.05, 4.69) is 15.5 Å². The fraction of sp³-hybridized carbons (Fsp3) is 0.158. The molecule has 0 aliphatic carbocycles. The van der Waals surface area contributed by atoms with Gasteiger partial charge in [-0.05, 0) is 37.6 Å². The van der Waals surface area contributed by atoms with Gasteiger partial charge in [-0.25, -0.2) is 4.79 Å². The van der Waals surface area contributed by atoms with Crippen LogP contribution in [-0.2, 0) is 9.53 Å². The van der Waals surface area contributed by atoms with Gasteiger partial charge in [0.15, 0.2) is 12.3 Å². The van der Waals surface area contributed by atoms with Gasteiger partial charge in [0.05, 0.1) is 11.4 Å². The van der Waals surface area contributed by atoms with Gasteiger partial charge in [-0.15, -0.1) is 5.10 Å². The Bertz CT molecular complexity index is 935. The second kappa shape index (κ2) is 7.60. The molecule has 26 heavy (non-hydrogen) atoms. The van der Waals surface area contributed by atoms with E-state index in [4.69, 9.17) is 4.74 Å². The van der Waals surface area contributed by atoms with E-state index in [1.807, 2.05) is 55.5 Å². The van der Waals surface area contributed by atoms with E-state index in [0.29, 0.717) is 11.4 Å². The molecule has 0 unspecified atom stereocenters. The number of anilines is 1. The minimum absolute atomic E-state index is 0.0811. The van der Waals surface area contributed by atoms with E-state index < -0.39 is 18.5 Å². The standard InChI is InChI=1S/C19H18N4O3/c1-13-8-6-7-11-16(13)20-17(24)12-26-19(25)18-14(2)21-23(22-18)15-9-4-3-5-10-15/h3-11H,12H2,1-2H3,(H,20,24). The average Bonchev–Trinajstić information content (AvgIpc) is 3.04. The van der Waals surface area contributed by atoms with Crippen molar-refractivity contribution in [3.05, 3.63) is 71.5 Å². The summed E-state index contributed by atoms with van der Waals surface area (Å²) in [6, 6.07) is 16.6. The lowest BCUT2D eigenvalue weighted by molar-refractivity contribution is -0.119. The molecule has 0 saturated heterocycles. The Morgan fingerprint density at radius 2 is 1.69 bits per heavy atom. The van der Waals surface area contributed by atoms with Gasteiger partial charge in [0.25, 0.3) is 5.91 Å². The quantitative estimate of drug-likeness (QED) is 0.715. The first-order valence-electron chi connectivity index (χ1n) is 8.06. The summed E-state index contributed by atoms with van der Waals surface area (Å²) in [5.41, 5.74) is 2.84. The summed E-state index contributed by atoms with van der Waals surface area (Å²) < 4.78 is 5.07. The predicted molar refractivity (Wildman–Crippen MR) is 96.2 cm³/mol.